The molecule has 0 radical (unpaired) electrons. The van der Waals surface area contributed by atoms with Crippen LogP contribution in [0.2, 0.25) is 0 Å². The number of carbonyl (C=O) groups excluding carboxylic acids is 1. The van der Waals surface area contributed by atoms with Crippen LogP contribution in [0.25, 0.3) is 0 Å². The number of aryl methyl sites for hydroxylation is 3. The molecule has 0 bridgehead atoms. The Hall–Kier alpha value is -3.56. The molecule has 3 aromatic rings. The van der Waals surface area contributed by atoms with Gasteiger partial charge in [0, 0.05) is 39.3 Å². The van der Waals surface area contributed by atoms with Crippen molar-refractivity contribution in [2.45, 2.75) is 46.4 Å². The maximum absolute atomic E-state index is 12.3. The Balaban J connectivity index is 1.45. The molecule has 1 aliphatic heterocycles. The Morgan fingerprint density at radius 3 is 2.54 bits per heavy atom. The van der Waals surface area contributed by atoms with Gasteiger partial charge in [0.25, 0.3) is 0 Å². The smallest absolute Gasteiger partial charge is 0.219 e. The molecule has 9 heteroatoms. The molecule has 0 saturated carbocycles. The molecule has 1 unspecified atom stereocenters. The molecule has 2 heterocycles. The first-order valence-corrected chi connectivity index (χ1v) is 13.3. The highest BCUT2D eigenvalue weighted by Crippen LogP contribution is 2.29. The fraction of sp³-hybridized carbons (Fsp3) is 0.467. The van der Waals surface area contributed by atoms with Crippen molar-refractivity contribution in [2.24, 2.45) is 0 Å². The number of hydrogen-bond acceptors (Lipinski definition) is 7. The zero-order valence-electron chi connectivity index (χ0n) is 23.6. The standard InChI is InChI=1S/C30H40N4O5/c1-22-16-31-34(17-22)12-13-38-29-15-26(7-9-28(29)37-5)18-32-10-11-33(25(4)35)20-30(36,19-32)21-39-27-8-6-23(2)24(3)14-27/h6-9,14-17,36H,10-13,18-21H2,1-5H3. The lowest BCUT2D eigenvalue weighted by molar-refractivity contribution is -0.132. The quantitative estimate of drug-likeness (QED) is 0.425. The fourth-order valence-electron chi connectivity index (χ4n) is 4.79. The highest BCUT2D eigenvalue weighted by molar-refractivity contribution is 5.73. The van der Waals surface area contributed by atoms with Crippen molar-refractivity contribution >= 4 is 5.91 Å². The third-order valence-corrected chi connectivity index (χ3v) is 7.09. The van der Waals surface area contributed by atoms with Crippen molar-refractivity contribution < 1.29 is 24.1 Å². The summed E-state index contributed by atoms with van der Waals surface area (Å²) in [6.45, 7) is 11.1. The van der Waals surface area contributed by atoms with E-state index >= 15 is 0 Å². The van der Waals surface area contributed by atoms with Gasteiger partial charge in [0.2, 0.25) is 5.91 Å². The van der Waals surface area contributed by atoms with Crippen LogP contribution >= 0.6 is 0 Å². The van der Waals surface area contributed by atoms with E-state index in [0.717, 1.165) is 16.7 Å². The van der Waals surface area contributed by atoms with Crippen LogP contribution in [0, 0.1) is 20.8 Å². The number of benzene rings is 2. The molecule has 4 rings (SSSR count). The van der Waals surface area contributed by atoms with Crippen LogP contribution < -0.4 is 14.2 Å². The Labute approximate surface area is 230 Å². The predicted molar refractivity (Wildman–Crippen MR) is 149 cm³/mol. The number of amides is 1. The summed E-state index contributed by atoms with van der Waals surface area (Å²) < 4.78 is 19.5. The average molecular weight is 537 g/mol. The van der Waals surface area contributed by atoms with Gasteiger partial charge >= 0.3 is 0 Å². The number of nitrogens with zero attached hydrogens (tertiary/aromatic N) is 4. The second kappa shape index (κ2) is 12.5. The van der Waals surface area contributed by atoms with Crippen molar-refractivity contribution in [1.82, 2.24) is 19.6 Å². The van der Waals surface area contributed by atoms with E-state index in [4.69, 9.17) is 14.2 Å². The van der Waals surface area contributed by atoms with Crippen LogP contribution in [0.3, 0.4) is 0 Å². The second-order valence-corrected chi connectivity index (χ2v) is 10.5. The van der Waals surface area contributed by atoms with Gasteiger partial charge in [-0.05, 0) is 67.3 Å². The van der Waals surface area contributed by atoms with Gasteiger partial charge in [-0.25, -0.2) is 0 Å². The first-order chi connectivity index (χ1) is 18.6. The highest BCUT2D eigenvalue weighted by atomic mass is 16.5. The summed E-state index contributed by atoms with van der Waals surface area (Å²) in [5, 5.41) is 16.0. The number of carbonyl (C=O) groups is 1. The first-order valence-electron chi connectivity index (χ1n) is 13.3. The van der Waals surface area contributed by atoms with E-state index in [1.165, 1.54) is 12.5 Å². The number of hydrogen-bond donors (Lipinski definition) is 1. The van der Waals surface area contributed by atoms with Gasteiger partial charge in [-0.1, -0.05) is 12.1 Å². The monoisotopic (exact) mass is 536 g/mol. The van der Waals surface area contributed by atoms with Crippen LogP contribution in [0.5, 0.6) is 17.2 Å². The van der Waals surface area contributed by atoms with Crippen molar-refractivity contribution in [3.63, 3.8) is 0 Å². The lowest BCUT2D eigenvalue weighted by Crippen LogP contribution is -2.51. The first kappa shape index (κ1) is 28.4. The molecular weight excluding hydrogens is 496 g/mol. The average Bonchev–Trinajstić information content (AvgIpc) is 3.23. The van der Waals surface area contributed by atoms with Crippen LogP contribution in [-0.4, -0.2) is 82.7 Å². The van der Waals surface area contributed by atoms with E-state index in [1.54, 1.807) is 12.0 Å². The molecule has 0 spiro atoms. The number of rotatable bonds is 10. The normalized spacial score (nSPS) is 18.1. The summed E-state index contributed by atoms with van der Waals surface area (Å²) >= 11 is 0. The maximum Gasteiger partial charge on any atom is 0.219 e. The molecule has 1 aliphatic rings. The lowest BCUT2D eigenvalue weighted by atomic mass is 10.0. The summed E-state index contributed by atoms with van der Waals surface area (Å²) in [5.41, 5.74) is 3.21. The largest absolute Gasteiger partial charge is 0.493 e. The molecule has 1 fully saturated rings. The zero-order valence-corrected chi connectivity index (χ0v) is 23.6. The van der Waals surface area contributed by atoms with Crippen LogP contribution in [0.4, 0.5) is 0 Å². The molecule has 210 valence electrons. The van der Waals surface area contributed by atoms with Gasteiger partial charge in [0.05, 0.1) is 26.4 Å². The molecule has 39 heavy (non-hydrogen) atoms. The molecule has 1 aromatic heterocycles. The van der Waals surface area contributed by atoms with Crippen LogP contribution in [0.1, 0.15) is 29.2 Å². The van der Waals surface area contributed by atoms with E-state index in [1.807, 2.05) is 67.3 Å². The minimum atomic E-state index is -1.23. The third kappa shape index (κ3) is 7.74. The van der Waals surface area contributed by atoms with Gasteiger partial charge in [-0.3, -0.25) is 14.4 Å². The SMILES string of the molecule is COc1ccc(CN2CCN(C(C)=O)CC(O)(COc3ccc(C)c(C)c3)C2)cc1OCCn1cc(C)cn1. The second-order valence-electron chi connectivity index (χ2n) is 10.5. The Morgan fingerprint density at radius 2 is 1.85 bits per heavy atom. The molecule has 0 aliphatic carbocycles. The Bertz CT molecular complexity index is 1280. The molecule has 1 saturated heterocycles. The maximum atomic E-state index is 12.3. The van der Waals surface area contributed by atoms with Gasteiger partial charge in [-0.2, -0.15) is 5.10 Å². The Morgan fingerprint density at radius 1 is 1.03 bits per heavy atom. The number of methoxy groups -OCH3 is 1. The van der Waals surface area contributed by atoms with E-state index in [2.05, 4.69) is 16.9 Å². The molecule has 2 aromatic carbocycles. The summed E-state index contributed by atoms with van der Waals surface area (Å²) in [6, 6.07) is 11.8. The Kier molecular flexibility index (Phi) is 9.14. The van der Waals surface area contributed by atoms with Gasteiger partial charge in [0.1, 0.15) is 24.6 Å². The van der Waals surface area contributed by atoms with Crippen molar-refractivity contribution in [3.05, 3.63) is 71.0 Å². The van der Waals surface area contributed by atoms with Crippen molar-refractivity contribution in [3.8, 4) is 17.2 Å². The van der Waals surface area contributed by atoms with E-state index in [0.29, 0.717) is 56.6 Å². The van der Waals surface area contributed by atoms with Crippen LogP contribution in [-0.2, 0) is 17.9 Å². The summed E-state index contributed by atoms with van der Waals surface area (Å²) in [7, 11) is 1.62. The minimum absolute atomic E-state index is 0.0611. The molecular formula is C30H40N4O5. The van der Waals surface area contributed by atoms with E-state index in [9.17, 15) is 9.90 Å². The summed E-state index contributed by atoms with van der Waals surface area (Å²) in [5.74, 6) is 1.97. The summed E-state index contributed by atoms with van der Waals surface area (Å²) in [4.78, 5) is 16.2. The number of aromatic nitrogens is 2. The number of aliphatic hydroxyl groups is 1. The summed E-state index contributed by atoms with van der Waals surface area (Å²) in [6.07, 6.45) is 3.80. The van der Waals surface area contributed by atoms with Crippen molar-refractivity contribution in [2.75, 3.05) is 46.5 Å². The third-order valence-electron chi connectivity index (χ3n) is 7.09. The molecule has 9 nitrogen and oxygen atoms in total. The van der Waals surface area contributed by atoms with E-state index in [-0.39, 0.29) is 19.1 Å². The van der Waals surface area contributed by atoms with E-state index < -0.39 is 5.60 Å². The topological polar surface area (TPSA) is 89.3 Å². The lowest BCUT2D eigenvalue weighted by Gasteiger charge is -2.33. The molecule has 1 amide bonds. The van der Waals surface area contributed by atoms with Gasteiger partial charge in [0.15, 0.2) is 11.5 Å². The van der Waals surface area contributed by atoms with Crippen LogP contribution in [0.15, 0.2) is 48.8 Å². The zero-order chi connectivity index (χ0) is 28.0. The van der Waals surface area contributed by atoms with Crippen molar-refractivity contribution in [1.29, 1.82) is 0 Å². The molecule has 1 N–H and O–H groups in total. The highest BCUT2D eigenvalue weighted by Gasteiger charge is 2.37. The van der Waals surface area contributed by atoms with Gasteiger partial charge < -0.3 is 24.2 Å². The number of β-amino-alcohol motifs (C(OH)–C–C–N with tert-alkyl or cyclic N) is 1. The predicted octanol–water partition coefficient (Wildman–Crippen LogP) is 3.37. The fourth-order valence-corrected chi connectivity index (χ4v) is 4.79. The van der Waals surface area contributed by atoms with Gasteiger partial charge in [-0.15, -0.1) is 0 Å². The number of ether oxygens (including phenoxy) is 3. The minimum Gasteiger partial charge on any atom is -0.493 e. The molecule has 1 atom stereocenters.